The zero-order valence-electron chi connectivity index (χ0n) is 8.54. The monoisotopic (exact) mass is 261 g/mol. The lowest BCUT2D eigenvalue weighted by Crippen LogP contribution is -2.05. The van der Waals surface area contributed by atoms with E-state index < -0.39 is 17.7 Å². The number of hydrogen-bond donors (Lipinski definition) is 0. The molecule has 0 aliphatic carbocycles. The Morgan fingerprint density at radius 1 is 1.47 bits per heavy atom. The Kier molecular flexibility index (Phi) is 2.78. The SMILES string of the molecule is COC(=O)c1cc2scc(C(F)(F)F)c2cn1. The van der Waals surface area contributed by atoms with Crippen LogP contribution in [0.15, 0.2) is 17.6 Å². The Bertz CT molecular complexity index is 576. The van der Waals surface area contributed by atoms with Crippen LogP contribution in [0.4, 0.5) is 13.2 Å². The predicted molar refractivity (Wildman–Crippen MR) is 56.0 cm³/mol. The Balaban J connectivity index is 2.56. The fourth-order valence-corrected chi connectivity index (χ4v) is 2.33. The summed E-state index contributed by atoms with van der Waals surface area (Å²) in [6.07, 6.45) is -3.37. The number of pyridine rings is 1. The third-order valence-electron chi connectivity index (χ3n) is 2.16. The molecule has 2 aromatic rings. The quantitative estimate of drug-likeness (QED) is 0.740. The molecular formula is C10H6F3NO2S. The van der Waals surface area contributed by atoms with Crippen LogP contribution in [0.3, 0.4) is 0 Å². The summed E-state index contributed by atoms with van der Waals surface area (Å²) in [4.78, 5) is 14.8. The normalized spacial score (nSPS) is 11.8. The van der Waals surface area contributed by atoms with Gasteiger partial charge in [-0.25, -0.2) is 9.78 Å². The topological polar surface area (TPSA) is 39.2 Å². The standard InChI is InChI=1S/C10H6F3NO2S/c1-16-9(15)7-2-8-5(3-14-7)6(4-17-8)10(11,12)13/h2-4H,1H3. The van der Waals surface area contributed by atoms with E-state index in [1.54, 1.807) is 0 Å². The number of alkyl halides is 3. The number of rotatable bonds is 1. The van der Waals surface area contributed by atoms with Crippen molar-refractivity contribution >= 4 is 27.4 Å². The van der Waals surface area contributed by atoms with Crippen molar-refractivity contribution in [1.29, 1.82) is 0 Å². The van der Waals surface area contributed by atoms with Gasteiger partial charge < -0.3 is 4.74 Å². The lowest BCUT2D eigenvalue weighted by molar-refractivity contribution is -0.136. The first-order chi connectivity index (χ1) is 7.93. The third kappa shape index (κ3) is 2.10. The number of hydrogen-bond acceptors (Lipinski definition) is 4. The van der Waals surface area contributed by atoms with Crippen molar-refractivity contribution in [2.45, 2.75) is 6.18 Å². The van der Waals surface area contributed by atoms with Crippen molar-refractivity contribution in [3.8, 4) is 0 Å². The van der Waals surface area contributed by atoms with Gasteiger partial charge in [0.1, 0.15) is 5.69 Å². The Morgan fingerprint density at radius 3 is 2.76 bits per heavy atom. The summed E-state index contributed by atoms with van der Waals surface area (Å²) in [6.45, 7) is 0. The minimum atomic E-state index is -4.41. The molecule has 2 heterocycles. The second-order valence-electron chi connectivity index (χ2n) is 3.20. The first-order valence-electron chi connectivity index (χ1n) is 4.46. The maximum Gasteiger partial charge on any atom is 0.417 e. The number of carbonyl (C=O) groups is 1. The van der Waals surface area contributed by atoms with E-state index in [9.17, 15) is 18.0 Å². The number of nitrogens with zero attached hydrogens (tertiary/aromatic N) is 1. The molecule has 17 heavy (non-hydrogen) atoms. The number of halogens is 3. The van der Waals surface area contributed by atoms with Gasteiger partial charge in [-0.2, -0.15) is 13.2 Å². The molecule has 0 saturated heterocycles. The van der Waals surface area contributed by atoms with Gasteiger partial charge in [-0.3, -0.25) is 0 Å². The van der Waals surface area contributed by atoms with E-state index in [1.807, 2.05) is 0 Å². The molecule has 7 heteroatoms. The highest BCUT2D eigenvalue weighted by Crippen LogP contribution is 2.38. The molecule has 0 radical (unpaired) electrons. The van der Waals surface area contributed by atoms with Gasteiger partial charge in [0, 0.05) is 21.7 Å². The zero-order chi connectivity index (χ0) is 12.6. The predicted octanol–water partition coefficient (Wildman–Crippen LogP) is 3.10. The van der Waals surface area contributed by atoms with E-state index >= 15 is 0 Å². The van der Waals surface area contributed by atoms with Crippen molar-refractivity contribution < 1.29 is 22.7 Å². The second-order valence-corrected chi connectivity index (χ2v) is 4.12. The molecule has 0 spiro atoms. The molecule has 90 valence electrons. The summed E-state index contributed by atoms with van der Waals surface area (Å²) < 4.78 is 42.5. The summed E-state index contributed by atoms with van der Waals surface area (Å²) in [5.41, 5.74) is -0.739. The number of methoxy groups -OCH3 is 1. The fourth-order valence-electron chi connectivity index (χ4n) is 1.36. The Hall–Kier alpha value is -1.63. The van der Waals surface area contributed by atoms with Crippen LogP contribution in [-0.2, 0) is 10.9 Å². The molecule has 0 saturated carbocycles. The molecule has 0 aliphatic rings. The van der Waals surface area contributed by atoms with Gasteiger partial charge in [0.05, 0.1) is 12.7 Å². The Morgan fingerprint density at radius 2 is 2.18 bits per heavy atom. The van der Waals surface area contributed by atoms with Gasteiger partial charge in [-0.15, -0.1) is 11.3 Å². The van der Waals surface area contributed by atoms with Gasteiger partial charge in [0.25, 0.3) is 0 Å². The van der Waals surface area contributed by atoms with E-state index in [0.717, 1.165) is 22.9 Å². The highest BCUT2D eigenvalue weighted by Gasteiger charge is 2.33. The first-order valence-corrected chi connectivity index (χ1v) is 5.34. The Labute approximate surface area is 97.8 Å². The van der Waals surface area contributed by atoms with E-state index in [1.165, 1.54) is 13.2 Å². The fraction of sp³-hybridized carbons (Fsp3) is 0.200. The molecule has 0 atom stereocenters. The van der Waals surface area contributed by atoms with Crippen molar-refractivity contribution in [2.24, 2.45) is 0 Å². The lowest BCUT2D eigenvalue weighted by atomic mass is 10.2. The first kappa shape index (κ1) is 11.8. The van der Waals surface area contributed by atoms with Gasteiger partial charge in [0.15, 0.2) is 0 Å². The van der Waals surface area contributed by atoms with Crippen LogP contribution >= 0.6 is 11.3 Å². The molecule has 0 aliphatic heterocycles. The van der Waals surface area contributed by atoms with Gasteiger partial charge in [0.2, 0.25) is 0 Å². The maximum absolute atomic E-state index is 12.6. The number of ether oxygens (including phenoxy) is 1. The number of fused-ring (bicyclic) bond motifs is 1. The van der Waals surface area contributed by atoms with E-state index in [2.05, 4.69) is 9.72 Å². The van der Waals surface area contributed by atoms with E-state index in [4.69, 9.17) is 0 Å². The number of thiophene rings is 1. The highest BCUT2D eigenvalue weighted by molar-refractivity contribution is 7.17. The van der Waals surface area contributed by atoms with Gasteiger partial charge in [-0.1, -0.05) is 0 Å². The van der Waals surface area contributed by atoms with Crippen LogP contribution < -0.4 is 0 Å². The largest absolute Gasteiger partial charge is 0.464 e. The molecule has 0 fully saturated rings. The summed E-state index contributed by atoms with van der Waals surface area (Å²) in [7, 11) is 1.18. The maximum atomic E-state index is 12.6. The molecule has 3 nitrogen and oxygen atoms in total. The minimum Gasteiger partial charge on any atom is -0.464 e. The molecule has 0 amide bonds. The van der Waals surface area contributed by atoms with Crippen LogP contribution in [0.5, 0.6) is 0 Å². The van der Waals surface area contributed by atoms with Gasteiger partial charge >= 0.3 is 12.1 Å². The molecule has 2 aromatic heterocycles. The molecule has 0 bridgehead atoms. The molecule has 0 aromatic carbocycles. The van der Waals surface area contributed by atoms with Gasteiger partial charge in [-0.05, 0) is 6.07 Å². The van der Waals surface area contributed by atoms with Crippen molar-refractivity contribution in [2.75, 3.05) is 7.11 Å². The third-order valence-corrected chi connectivity index (χ3v) is 3.11. The van der Waals surface area contributed by atoms with Crippen molar-refractivity contribution in [3.63, 3.8) is 0 Å². The molecule has 0 N–H and O–H groups in total. The summed E-state index contributed by atoms with van der Waals surface area (Å²) in [5, 5.41) is 1.00. The lowest BCUT2D eigenvalue weighted by Gasteiger charge is -2.04. The van der Waals surface area contributed by atoms with E-state index in [-0.39, 0.29) is 11.1 Å². The van der Waals surface area contributed by atoms with Crippen molar-refractivity contribution in [1.82, 2.24) is 4.98 Å². The average Bonchev–Trinajstić information content (AvgIpc) is 2.70. The number of carbonyl (C=O) groups excluding carboxylic acids is 1. The minimum absolute atomic E-state index is 0.00410. The zero-order valence-corrected chi connectivity index (χ0v) is 9.35. The van der Waals surface area contributed by atoms with Crippen LogP contribution in [0, 0.1) is 0 Å². The number of esters is 1. The summed E-state index contributed by atoms with van der Waals surface area (Å²) in [5.74, 6) is -0.672. The molecular weight excluding hydrogens is 255 g/mol. The average molecular weight is 261 g/mol. The molecule has 0 unspecified atom stereocenters. The van der Waals surface area contributed by atoms with E-state index in [0.29, 0.717) is 4.70 Å². The smallest absolute Gasteiger partial charge is 0.417 e. The second kappa shape index (κ2) is 3.99. The van der Waals surface area contributed by atoms with Crippen molar-refractivity contribution in [3.05, 3.63) is 28.9 Å². The summed E-state index contributed by atoms with van der Waals surface area (Å²) in [6, 6.07) is 1.29. The number of aromatic nitrogens is 1. The van der Waals surface area contributed by atoms with Crippen LogP contribution in [-0.4, -0.2) is 18.1 Å². The van der Waals surface area contributed by atoms with Crippen LogP contribution in [0.2, 0.25) is 0 Å². The summed E-state index contributed by atoms with van der Waals surface area (Å²) >= 11 is 0.915. The van der Waals surface area contributed by atoms with Crippen LogP contribution in [0.25, 0.3) is 10.1 Å². The highest BCUT2D eigenvalue weighted by atomic mass is 32.1. The molecule has 2 rings (SSSR count). The van der Waals surface area contributed by atoms with Crippen LogP contribution in [0.1, 0.15) is 16.1 Å².